The maximum absolute atomic E-state index is 13.3. The summed E-state index contributed by atoms with van der Waals surface area (Å²) in [5.41, 5.74) is 2.21. The molecule has 0 spiro atoms. The highest BCUT2D eigenvalue weighted by molar-refractivity contribution is 5.91. The number of nitrogens with zero attached hydrogens (tertiary/aromatic N) is 1. The maximum atomic E-state index is 13.3. The van der Waals surface area contributed by atoms with Gasteiger partial charge in [0.2, 0.25) is 0 Å². The van der Waals surface area contributed by atoms with E-state index in [-0.39, 0.29) is 17.8 Å². The zero-order chi connectivity index (χ0) is 21.5. The zero-order valence-electron chi connectivity index (χ0n) is 17.7. The highest BCUT2D eigenvalue weighted by Crippen LogP contribution is 2.20. The van der Waals surface area contributed by atoms with Crippen LogP contribution in [0.5, 0.6) is 0 Å². The molecule has 0 saturated heterocycles. The summed E-state index contributed by atoms with van der Waals surface area (Å²) in [7, 11) is 0. The van der Waals surface area contributed by atoms with E-state index in [0.29, 0.717) is 18.8 Å². The van der Waals surface area contributed by atoms with Crippen molar-refractivity contribution in [2.75, 3.05) is 0 Å². The fraction of sp³-hybridized carbons (Fsp3) is 0.346. The number of nitrogens with one attached hydrogen (secondary N) is 1. The third kappa shape index (κ3) is 6.28. The van der Waals surface area contributed by atoms with E-state index < -0.39 is 0 Å². The average molecular weight is 421 g/mol. The van der Waals surface area contributed by atoms with Gasteiger partial charge in [-0.25, -0.2) is 4.39 Å². The fourth-order valence-corrected chi connectivity index (χ4v) is 4.17. The molecule has 162 valence electrons. The van der Waals surface area contributed by atoms with E-state index in [1.54, 1.807) is 18.2 Å². The predicted molar refractivity (Wildman–Crippen MR) is 119 cm³/mol. The second kappa shape index (κ2) is 10.4. The van der Waals surface area contributed by atoms with Crippen LogP contribution in [0.2, 0.25) is 0 Å². The molecule has 1 heterocycles. The quantitative estimate of drug-likeness (QED) is 0.510. The molecule has 4 nitrogen and oxygen atoms in total. The van der Waals surface area contributed by atoms with Crippen molar-refractivity contribution in [3.8, 4) is 0 Å². The summed E-state index contributed by atoms with van der Waals surface area (Å²) in [6.07, 6.45) is 5.69. The maximum Gasteiger partial charge on any atom is 0.287 e. The van der Waals surface area contributed by atoms with E-state index in [1.807, 2.05) is 24.3 Å². The van der Waals surface area contributed by atoms with Crippen molar-refractivity contribution in [2.24, 2.45) is 0 Å². The summed E-state index contributed by atoms with van der Waals surface area (Å²) < 4.78 is 19.2. The van der Waals surface area contributed by atoms with E-state index in [2.05, 4.69) is 22.3 Å². The largest absolute Gasteiger partial charge is 0.455 e. The number of rotatable bonds is 8. The lowest BCUT2D eigenvalue weighted by Crippen LogP contribution is -2.35. The standard InChI is InChI=1S/C26H29FN2O2/c27-22-13-11-21(12-14-22)18-29(17-20-7-3-1-4-8-20)19-24-15-16-25(31-24)26(30)28-23-9-5-2-6-10-23/h1,3-4,7-8,11-16,23H,2,5-6,9-10,17-19H2,(H,28,30). The molecule has 2 aromatic carbocycles. The van der Waals surface area contributed by atoms with Crippen LogP contribution in [0.25, 0.3) is 0 Å². The lowest BCUT2D eigenvalue weighted by molar-refractivity contribution is 0.0895. The molecule has 1 aliphatic rings. The molecule has 1 N–H and O–H groups in total. The van der Waals surface area contributed by atoms with Gasteiger partial charge in [0.15, 0.2) is 5.76 Å². The van der Waals surface area contributed by atoms with Crippen molar-refractivity contribution < 1.29 is 13.6 Å². The highest BCUT2D eigenvalue weighted by Gasteiger charge is 2.19. The molecule has 1 amide bonds. The Kier molecular flexibility index (Phi) is 7.15. The number of carbonyl (C=O) groups is 1. The number of hydrogen-bond donors (Lipinski definition) is 1. The SMILES string of the molecule is O=C(NC1CCCCC1)c1ccc(CN(Cc2ccccc2)Cc2ccc(F)cc2)o1. The Bertz CT molecular complexity index is 963. The minimum atomic E-state index is -0.238. The van der Waals surface area contributed by atoms with E-state index in [9.17, 15) is 9.18 Å². The van der Waals surface area contributed by atoms with Crippen molar-refractivity contribution in [3.63, 3.8) is 0 Å². The first-order valence-electron chi connectivity index (χ1n) is 11.1. The molecule has 0 radical (unpaired) electrons. The molecule has 0 unspecified atom stereocenters. The predicted octanol–water partition coefficient (Wildman–Crippen LogP) is 5.68. The molecule has 5 heteroatoms. The molecule has 0 atom stereocenters. The van der Waals surface area contributed by atoms with Gasteiger partial charge in [0.1, 0.15) is 11.6 Å². The molecule has 31 heavy (non-hydrogen) atoms. The molecule has 1 aliphatic carbocycles. The minimum Gasteiger partial charge on any atom is -0.455 e. The normalized spacial score (nSPS) is 14.6. The third-order valence-corrected chi connectivity index (χ3v) is 5.77. The summed E-state index contributed by atoms with van der Waals surface area (Å²) in [6.45, 7) is 1.94. The topological polar surface area (TPSA) is 45.5 Å². The lowest BCUT2D eigenvalue weighted by Gasteiger charge is -2.22. The average Bonchev–Trinajstić information content (AvgIpc) is 3.25. The Morgan fingerprint density at radius 3 is 2.26 bits per heavy atom. The minimum absolute atomic E-state index is 0.133. The van der Waals surface area contributed by atoms with Crippen molar-refractivity contribution in [3.05, 3.63) is 95.2 Å². The van der Waals surface area contributed by atoms with Gasteiger partial charge in [-0.15, -0.1) is 0 Å². The second-order valence-corrected chi connectivity index (χ2v) is 8.33. The van der Waals surface area contributed by atoms with Crippen LogP contribution in [-0.2, 0) is 19.6 Å². The van der Waals surface area contributed by atoms with Gasteiger partial charge >= 0.3 is 0 Å². The monoisotopic (exact) mass is 420 g/mol. The van der Waals surface area contributed by atoms with Gasteiger partial charge in [0.25, 0.3) is 5.91 Å². The molecule has 1 fully saturated rings. The van der Waals surface area contributed by atoms with Gasteiger partial charge in [0.05, 0.1) is 6.54 Å². The van der Waals surface area contributed by atoms with Crippen LogP contribution in [0, 0.1) is 5.82 Å². The Balaban J connectivity index is 1.43. The molecule has 3 aromatic rings. The van der Waals surface area contributed by atoms with E-state index >= 15 is 0 Å². The number of carbonyl (C=O) groups excluding carboxylic acids is 1. The first-order chi connectivity index (χ1) is 15.2. The van der Waals surface area contributed by atoms with Crippen molar-refractivity contribution in [2.45, 2.75) is 57.8 Å². The highest BCUT2D eigenvalue weighted by atomic mass is 19.1. The summed E-state index contributed by atoms with van der Waals surface area (Å²) in [6, 6.07) is 20.7. The Morgan fingerprint density at radius 1 is 0.871 bits per heavy atom. The van der Waals surface area contributed by atoms with Crippen molar-refractivity contribution >= 4 is 5.91 Å². The van der Waals surface area contributed by atoms with Crippen LogP contribution >= 0.6 is 0 Å². The second-order valence-electron chi connectivity index (χ2n) is 8.33. The molecular weight excluding hydrogens is 391 g/mol. The van der Waals surface area contributed by atoms with Gasteiger partial charge in [-0.3, -0.25) is 9.69 Å². The fourth-order valence-electron chi connectivity index (χ4n) is 4.17. The van der Waals surface area contributed by atoms with Gasteiger partial charge in [-0.05, 0) is 48.2 Å². The van der Waals surface area contributed by atoms with Crippen LogP contribution in [0.4, 0.5) is 4.39 Å². The summed E-state index contributed by atoms with van der Waals surface area (Å²) >= 11 is 0. The molecule has 0 bridgehead atoms. The summed E-state index contributed by atoms with van der Waals surface area (Å²) in [5.74, 6) is 0.734. The molecule has 0 aliphatic heterocycles. The van der Waals surface area contributed by atoms with Crippen molar-refractivity contribution in [1.29, 1.82) is 0 Å². The number of amides is 1. The van der Waals surface area contributed by atoms with Gasteiger partial charge in [-0.2, -0.15) is 0 Å². The smallest absolute Gasteiger partial charge is 0.287 e. The molecule has 1 saturated carbocycles. The molecule has 4 rings (SSSR count). The first-order valence-corrected chi connectivity index (χ1v) is 11.1. The summed E-state index contributed by atoms with van der Waals surface area (Å²) in [5, 5.41) is 3.10. The van der Waals surface area contributed by atoms with Crippen LogP contribution in [-0.4, -0.2) is 16.8 Å². The molecular formula is C26H29FN2O2. The Morgan fingerprint density at radius 2 is 1.55 bits per heavy atom. The first kappa shape index (κ1) is 21.3. The van der Waals surface area contributed by atoms with Crippen LogP contribution < -0.4 is 5.32 Å². The van der Waals surface area contributed by atoms with E-state index in [1.165, 1.54) is 37.0 Å². The number of hydrogen-bond acceptors (Lipinski definition) is 3. The third-order valence-electron chi connectivity index (χ3n) is 5.77. The van der Waals surface area contributed by atoms with Gasteiger partial charge in [0, 0.05) is 19.1 Å². The van der Waals surface area contributed by atoms with Crippen LogP contribution in [0.3, 0.4) is 0 Å². The zero-order valence-corrected chi connectivity index (χ0v) is 17.7. The number of halogens is 1. The number of benzene rings is 2. The summed E-state index contributed by atoms with van der Waals surface area (Å²) in [4.78, 5) is 14.8. The van der Waals surface area contributed by atoms with E-state index in [4.69, 9.17) is 4.42 Å². The molecule has 1 aromatic heterocycles. The van der Waals surface area contributed by atoms with Crippen molar-refractivity contribution in [1.82, 2.24) is 10.2 Å². The lowest BCUT2D eigenvalue weighted by atomic mass is 9.95. The van der Waals surface area contributed by atoms with Crippen LogP contribution in [0.1, 0.15) is 59.5 Å². The van der Waals surface area contributed by atoms with Crippen LogP contribution in [0.15, 0.2) is 71.1 Å². The Hall–Kier alpha value is -2.92. The van der Waals surface area contributed by atoms with Gasteiger partial charge in [-0.1, -0.05) is 61.7 Å². The van der Waals surface area contributed by atoms with E-state index in [0.717, 1.165) is 30.7 Å². The van der Waals surface area contributed by atoms with Gasteiger partial charge < -0.3 is 9.73 Å². The number of furan rings is 1. The Labute approximate surface area is 183 Å².